The van der Waals surface area contributed by atoms with Gasteiger partial charge < -0.3 is 4.90 Å². The first-order valence-corrected chi connectivity index (χ1v) is 11.7. The molecule has 0 spiro atoms. The Balaban J connectivity index is 1.84. The lowest BCUT2D eigenvalue weighted by molar-refractivity contribution is 0.0785. The van der Waals surface area contributed by atoms with Gasteiger partial charge in [-0.25, -0.2) is 8.42 Å². The molecule has 0 aromatic heterocycles. The van der Waals surface area contributed by atoms with E-state index in [0.717, 1.165) is 29.3 Å². The lowest BCUT2D eigenvalue weighted by Gasteiger charge is -2.26. The fourth-order valence-electron chi connectivity index (χ4n) is 3.22. The predicted octanol–water partition coefficient (Wildman–Crippen LogP) is 4.55. The molecule has 2 aromatic rings. The Morgan fingerprint density at radius 2 is 1.75 bits per heavy atom. The van der Waals surface area contributed by atoms with Gasteiger partial charge in [-0.05, 0) is 48.7 Å². The topological polar surface area (TPSA) is 57.7 Å². The van der Waals surface area contributed by atoms with Gasteiger partial charge in [0.05, 0.1) is 15.5 Å². The van der Waals surface area contributed by atoms with Crippen molar-refractivity contribution in [3.8, 4) is 0 Å². The Morgan fingerprint density at radius 3 is 2.39 bits per heavy atom. The van der Waals surface area contributed by atoms with Gasteiger partial charge in [-0.3, -0.25) is 4.79 Å². The normalized spacial score (nSPS) is 15.4. The van der Waals surface area contributed by atoms with Crippen LogP contribution in [0.2, 0.25) is 5.02 Å². The smallest absolute Gasteiger partial charge is 0.255 e. The van der Waals surface area contributed by atoms with E-state index in [4.69, 9.17) is 11.6 Å². The molecule has 1 heterocycles. The van der Waals surface area contributed by atoms with E-state index < -0.39 is 10.0 Å². The van der Waals surface area contributed by atoms with Crippen LogP contribution in [0.15, 0.2) is 51.8 Å². The number of amides is 1. The first-order valence-electron chi connectivity index (χ1n) is 9.08. The molecule has 1 aliphatic heterocycles. The highest BCUT2D eigenvalue weighted by Gasteiger charge is 2.27. The quantitative estimate of drug-likeness (QED) is 0.624. The molecule has 1 amide bonds. The van der Waals surface area contributed by atoms with Gasteiger partial charge in [-0.2, -0.15) is 4.31 Å². The molecule has 0 radical (unpaired) electrons. The van der Waals surface area contributed by atoms with Gasteiger partial charge in [0.25, 0.3) is 5.91 Å². The summed E-state index contributed by atoms with van der Waals surface area (Å²) in [5.74, 6) is -0.316. The lowest BCUT2D eigenvalue weighted by Crippen LogP contribution is -2.35. The Morgan fingerprint density at radius 1 is 1.11 bits per heavy atom. The number of sulfonamides is 1. The highest BCUT2D eigenvalue weighted by molar-refractivity contribution is 9.10. The van der Waals surface area contributed by atoms with Gasteiger partial charge in [-0.1, -0.05) is 46.1 Å². The highest BCUT2D eigenvalue weighted by atomic mass is 79.9. The standard InChI is InChI=1S/C20H22BrClN2O3S/c1-23(14-15-5-7-16(21)8-6-15)20(25)18-13-17(9-10-19(18)22)28(26,27)24-11-3-2-4-12-24/h5-10,13H,2-4,11-12,14H2,1H3. The molecule has 8 heteroatoms. The SMILES string of the molecule is CN(Cc1ccc(Br)cc1)C(=O)c1cc(S(=O)(=O)N2CCCCC2)ccc1Cl. The molecule has 5 nitrogen and oxygen atoms in total. The van der Waals surface area contributed by atoms with Crippen LogP contribution >= 0.6 is 27.5 Å². The highest BCUT2D eigenvalue weighted by Crippen LogP contribution is 2.26. The molecule has 0 atom stereocenters. The zero-order valence-corrected chi connectivity index (χ0v) is 18.7. The van der Waals surface area contributed by atoms with Crippen molar-refractivity contribution >= 4 is 43.5 Å². The zero-order valence-electron chi connectivity index (χ0n) is 15.6. The molecular formula is C20H22BrClN2O3S. The summed E-state index contributed by atoms with van der Waals surface area (Å²) in [4.78, 5) is 14.6. The Kier molecular flexibility index (Phi) is 6.81. The van der Waals surface area contributed by atoms with E-state index in [2.05, 4.69) is 15.9 Å². The van der Waals surface area contributed by atoms with Crippen molar-refractivity contribution in [3.05, 3.63) is 63.1 Å². The molecule has 0 saturated carbocycles. The summed E-state index contributed by atoms with van der Waals surface area (Å²) in [6, 6.07) is 12.0. The molecule has 0 unspecified atom stereocenters. The van der Waals surface area contributed by atoms with Crippen molar-refractivity contribution in [3.63, 3.8) is 0 Å². The van der Waals surface area contributed by atoms with E-state index in [9.17, 15) is 13.2 Å². The van der Waals surface area contributed by atoms with Crippen LogP contribution in [0, 0.1) is 0 Å². The van der Waals surface area contributed by atoms with Crippen LogP contribution in [0.5, 0.6) is 0 Å². The number of carbonyl (C=O) groups is 1. The number of carbonyl (C=O) groups excluding carboxylic acids is 1. The second-order valence-corrected chi connectivity index (χ2v) is 10.2. The summed E-state index contributed by atoms with van der Waals surface area (Å²) in [6.07, 6.45) is 2.75. The fraction of sp³-hybridized carbons (Fsp3) is 0.350. The van der Waals surface area contributed by atoms with E-state index in [1.165, 1.54) is 27.4 Å². The number of halogens is 2. The third kappa shape index (κ3) is 4.76. The minimum absolute atomic E-state index is 0.110. The van der Waals surface area contributed by atoms with Crippen LogP contribution in [-0.4, -0.2) is 43.7 Å². The van der Waals surface area contributed by atoms with Crippen molar-refractivity contribution in [1.29, 1.82) is 0 Å². The van der Waals surface area contributed by atoms with E-state index in [0.29, 0.717) is 19.6 Å². The Bertz CT molecular complexity index is 958. The molecular weight excluding hydrogens is 464 g/mol. The first kappa shape index (κ1) is 21.3. The second-order valence-electron chi connectivity index (χ2n) is 6.89. The van der Waals surface area contributed by atoms with Crippen LogP contribution in [0.3, 0.4) is 0 Å². The average Bonchev–Trinajstić information content (AvgIpc) is 2.70. The summed E-state index contributed by atoms with van der Waals surface area (Å²) in [6.45, 7) is 1.42. The summed E-state index contributed by atoms with van der Waals surface area (Å²) in [5, 5.41) is 0.241. The average molecular weight is 486 g/mol. The first-order chi connectivity index (χ1) is 13.3. The maximum atomic E-state index is 12.9. The largest absolute Gasteiger partial charge is 0.337 e. The zero-order chi connectivity index (χ0) is 20.3. The molecule has 28 heavy (non-hydrogen) atoms. The predicted molar refractivity (Wildman–Crippen MR) is 114 cm³/mol. The van der Waals surface area contributed by atoms with Crippen LogP contribution in [-0.2, 0) is 16.6 Å². The Labute approximate surface area is 179 Å². The monoisotopic (exact) mass is 484 g/mol. The van der Waals surface area contributed by atoms with Gasteiger partial charge in [0.1, 0.15) is 0 Å². The summed E-state index contributed by atoms with van der Waals surface area (Å²) in [7, 11) is -1.95. The molecule has 1 fully saturated rings. The third-order valence-electron chi connectivity index (χ3n) is 4.80. The minimum atomic E-state index is -3.63. The van der Waals surface area contributed by atoms with Crippen LogP contribution in [0.4, 0.5) is 0 Å². The van der Waals surface area contributed by atoms with Crippen molar-refractivity contribution in [2.75, 3.05) is 20.1 Å². The summed E-state index contributed by atoms with van der Waals surface area (Å²) in [5.41, 5.74) is 1.16. The fourth-order valence-corrected chi connectivity index (χ4v) is 5.23. The Hall–Kier alpha value is -1.41. The number of piperidine rings is 1. The number of benzene rings is 2. The molecule has 1 aliphatic rings. The number of nitrogens with zero attached hydrogens (tertiary/aromatic N) is 2. The van der Waals surface area contributed by atoms with Gasteiger partial charge in [-0.15, -0.1) is 0 Å². The minimum Gasteiger partial charge on any atom is -0.337 e. The maximum Gasteiger partial charge on any atom is 0.255 e. The molecule has 2 aromatic carbocycles. The van der Waals surface area contributed by atoms with Crippen LogP contribution < -0.4 is 0 Å². The number of hydrogen-bond acceptors (Lipinski definition) is 3. The third-order valence-corrected chi connectivity index (χ3v) is 7.55. The van der Waals surface area contributed by atoms with Gasteiger partial charge in [0.15, 0.2) is 0 Å². The van der Waals surface area contributed by atoms with E-state index >= 15 is 0 Å². The molecule has 150 valence electrons. The molecule has 3 rings (SSSR count). The van der Waals surface area contributed by atoms with Gasteiger partial charge in [0.2, 0.25) is 10.0 Å². The maximum absolute atomic E-state index is 12.9. The molecule has 0 bridgehead atoms. The van der Waals surface area contributed by atoms with Crippen molar-refractivity contribution in [2.45, 2.75) is 30.7 Å². The molecule has 1 saturated heterocycles. The summed E-state index contributed by atoms with van der Waals surface area (Å²) >= 11 is 9.62. The van der Waals surface area contributed by atoms with Crippen molar-refractivity contribution in [1.82, 2.24) is 9.21 Å². The molecule has 0 N–H and O–H groups in total. The lowest BCUT2D eigenvalue weighted by atomic mass is 10.1. The van der Waals surface area contributed by atoms with Crippen molar-refractivity contribution in [2.24, 2.45) is 0 Å². The number of hydrogen-bond donors (Lipinski definition) is 0. The van der Waals surface area contributed by atoms with Gasteiger partial charge in [0, 0.05) is 31.2 Å². The van der Waals surface area contributed by atoms with Gasteiger partial charge >= 0.3 is 0 Å². The van der Waals surface area contributed by atoms with E-state index in [1.54, 1.807) is 7.05 Å². The second kappa shape index (κ2) is 8.95. The van der Waals surface area contributed by atoms with Crippen molar-refractivity contribution < 1.29 is 13.2 Å². The summed E-state index contributed by atoms with van der Waals surface area (Å²) < 4.78 is 28.3. The van der Waals surface area contributed by atoms with Crippen LogP contribution in [0.1, 0.15) is 35.2 Å². The van der Waals surface area contributed by atoms with Crippen LogP contribution in [0.25, 0.3) is 0 Å². The molecule has 0 aliphatic carbocycles. The number of rotatable bonds is 5. The van der Waals surface area contributed by atoms with E-state index in [-0.39, 0.29) is 21.4 Å². The van der Waals surface area contributed by atoms with E-state index in [1.807, 2.05) is 24.3 Å².